The van der Waals surface area contributed by atoms with Crippen LogP contribution in [-0.4, -0.2) is 41.9 Å². The Hall–Kier alpha value is -4.00. The molecule has 0 unspecified atom stereocenters. The molecule has 7 nitrogen and oxygen atoms in total. The molecular formula is C28H32N2O5. The Labute approximate surface area is 206 Å². The van der Waals surface area contributed by atoms with Crippen LogP contribution >= 0.6 is 0 Å². The molecule has 0 fully saturated rings. The maximum absolute atomic E-state index is 12.6. The minimum Gasteiger partial charge on any atom is -0.493 e. The standard InChI is InChI=1S/C28H32N2O5/c1-2-16-30(28(33)35-21-22-10-5-3-6-11-22)17-9-18-34-26-19-23(20-29-27(31)32)14-15-25(26)24-12-7-4-8-13-24/h3-8,10-15,19,29H,2,9,16-18,20-21H2,1H3,(H,31,32). The summed E-state index contributed by atoms with van der Waals surface area (Å²) in [6.45, 7) is 3.99. The van der Waals surface area contributed by atoms with Crippen LogP contribution in [0.5, 0.6) is 5.75 Å². The molecule has 0 spiro atoms. The molecule has 0 saturated carbocycles. The van der Waals surface area contributed by atoms with E-state index >= 15 is 0 Å². The normalized spacial score (nSPS) is 10.4. The summed E-state index contributed by atoms with van der Waals surface area (Å²) in [7, 11) is 0. The summed E-state index contributed by atoms with van der Waals surface area (Å²) in [6.07, 6.45) is 0.0573. The number of carbonyl (C=O) groups excluding carboxylic acids is 1. The maximum atomic E-state index is 12.6. The highest BCUT2D eigenvalue weighted by Gasteiger charge is 2.15. The number of ether oxygens (including phenoxy) is 2. The van der Waals surface area contributed by atoms with Gasteiger partial charge >= 0.3 is 12.2 Å². The van der Waals surface area contributed by atoms with Gasteiger partial charge in [0, 0.05) is 25.2 Å². The first-order valence-electron chi connectivity index (χ1n) is 11.8. The van der Waals surface area contributed by atoms with E-state index in [0.717, 1.165) is 28.7 Å². The molecule has 3 aromatic rings. The number of hydrogen-bond acceptors (Lipinski definition) is 4. The topological polar surface area (TPSA) is 88.1 Å². The Balaban J connectivity index is 1.59. The van der Waals surface area contributed by atoms with Gasteiger partial charge in [-0.15, -0.1) is 0 Å². The molecule has 0 heterocycles. The summed E-state index contributed by atoms with van der Waals surface area (Å²) in [5.74, 6) is 0.676. The highest BCUT2D eigenvalue weighted by molar-refractivity contribution is 5.71. The Morgan fingerprint density at radius 2 is 1.63 bits per heavy atom. The molecule has 0 atom stereocenters. The van der Waals surface area contributed by atoms with Crippen molar-refractivity contribution in [3.05, 3.63) is 90.0 Å². The Morgan fingerprint density at radius 1 is 0.914 bits per heavy atom. The number of nitrogens with zero attached hydrogens (tertiary/aromatic N) is 1. The third-order valence-corrected chi connectivity index (χ3v) is 5.36. The second kappa shape index (κ2) is 13.6. The van der Waals surface area contributed by atoms with Crippen LogP contribution in [0, 0.1) is 0 Å². The van der Waals surface area contributed by atoms with E-state index in [9.17, 15) is 9.59 Å². The molecule has 0 radical (unpaired) electrons. The number of benzene rings is 3. The Bertz CT molecular complexity index is 1070. The molecule has 184 valence electrons. The van der Waals surface area contributed by atoms with Gasteiger partial charge in [0.2, 0.25) is 0 Å². The predicted molar refractivity (Wildman–Crippen MR) is 135 cm³/mol. The average molecular weight is 477 g/mol. The zero-order valence-electron chi connectivity index (χ0n) is 20.0. The van der Waals surface area contributed by atoms with Gasteiger partial charge in [0.25, 0.3) is 0 Å². The molecule has 0 aliphatic heterocycles. The third kappa shape index (κ3) is 8.37. The molecule has 3 rings (SSSR count). The highest BCUT2D eigenvalue weighted by atomic mass is 16.6. The lowest BCUT2D eigenvalue weighted by Gasteiger charge is -2.22. The predicted octanol–water partition coefficient (Wildman–Crippen LogP) is 5.94. The summed E-state index contributed by atoms with van der Waals surface area (Å²) in [6, 6.07) is 25.2. The van der Waals surface area contributed by atoms with Crippen molar-refractivity contribution in [2.24, 2.45) is 0 Å². The van der Waals surface area contributed by atoms with Crippen LogP contribution in [0.2, 0.25) is 0 Å². The van der Waals surface area contributed by atoms with Crippen LogP contribution in [0.25, 0.3) is 11.1 Å². The quantitative estimate of drug-likeness (QED) is 0.316. The SMILES string of the molecule is CCCN(CCCOc1cc(CNC(=O)O)ccc1-c1ccccc1)C(=O)OCc1ccccc1. The summed E-state index contributed by atoms with van der Waals surface area (Å²) in [5, 5.41) is 11.3. The van der Waals surface area contributed by atoms with Gasteiger partial charge in [-0.2, -0.15) is 0 Å². The Morgan fingerprint density at radius 3 is 2.31 bits per heavy atom. The minimum atomic E-state index is -1.07. The van der Waals surface area contributed by atoms with Crippen molar-refractivity contribution in [2.45, 2.75) is 32.9 Å². The van der Waals surface area contributed by atoms with Gasteiger partial charge in [-0.05, 0) is 35.6 Å². The van der Waals surface area contributed by atoms with Crippen molar-refractivity contribution >= 4 is 12.2 Å². The van der Waals surface area contributed by atoms with Crippen LogP contribution in [-0.2, 0) is 17.9 Å². The first kappa shape index (κ1) is 25.6. The molecule has 0 bridgehead atoms. The van der Waals surface area contributed by atoms with Crippen LogP contribution in [0.4, 0.5) is 9.59 Å². The summed E-state index contributed by atoms with van der Waals surface area (Å²) >= 11 is 0. The largest absolute Gasteiger partial charge is 0.493 e. The smallest absolute Gasteiger partial charge is 0.410 e. The fraction of sp³-hybridized carbons (Fsp3) is 0.286. The van der Waals surface area contributed by atoms with Crippen molar-refractivity contribution in [3.63, 3.8) is 0 Å². The molecule has 0 aliphatic rings. The fourth-order valence-corrected chi connectivity index (χ4v) is 3.64. The molecule has 35 heavy (non-hydrogen) atoms. The van der Waals surface area contributed by atoms with Crippen molar-refractivity contribution in [3.8, 4) is 16.9 Å². The van der Waals surface area contributed by atoms with E-state index in [1.54, 1.807) is 4.90 Å². The van der Waals surface area contributed by atoms with Gasteiger partial charge in [0.15, 0.2) is 0 Å². The second-order valence-electron chi connectivity index (χ2n) is 8.08. The molecule has 0 aliphatic carbocycles. The highest BCUT2D eigenvalue weighted by Crippen LogP contribution is 2.31. The number of carboxylic acid groups (broad SMARTS) is 1. The van der Waals surface area contributed by atoms with Crippen LogP contribution in [0.15, 0.2) is 78.9 Å². The van der Waals surface area contributed by atoms with Crippen molar-refractivity contribution in [1.29, 1.82) is 0 Å². The molecule has 2 N–H and O–H groups in total. The zero-order valence-corrected chi connectivity index (χ0v) is 20.0. The van der Waals surface area contributed by atoms with Gasteiger partial charge in [-0.25, -0.2) is 9.59 Å². The first-order valence-corrected chi connectivity index (χ1v) is 11.8. The number of rotatable bonds is 12. The van der Waals surface area contributed by atoms with E-state index in [-0.39, 0.29) is 19.2 Å². The van der Waals surface area contributed by atoms with E-state index in [2.05, 4.69) is 5.32 Å². The van der Waals surface area contributed by atoms with Gasteiger partial charge in [0.1, 0.15) is 12.4 Å². The number of hydrogen-bond donors (Lipinski definition) is 2. The molecule has 0 aromatic heterocycles. The lowest BCUT2D eigenvalue weighted by Crippen LogP contribution is -2.33. The third-order valence-electron chi connectivity index (χ3n) is 5.36. The van der Waals surface area contributed by atoms with Crippen molar-refractivity contribution in [1.82, 2.24) is 10.2 Å². The van der Waals surface area contributed by atoms with E-state index < -0.39 is 6.09 Å². The number of carbonyl (C=O) groups is 2. The van der Waals surface area contributed by atoms with Gasteiger partial charge in [-0.3, -0.25) is 0 Å². The minimum absolute atomic E-state index is 0.193. The van der Waals surface area contributed by atoms with Crippen LogP contribution in [0.3, 0.4) is 0 Å². The second-order valence-corrected chi connectivity index (χ2v) is 8.08. The van der Waals surface area contributed by atoms with Crippen molar-refractivity contribution < 1.29 is 24.2 Å². The van der Waals surface area contributed by atoms with E-state index in [1.165, 1.54) is 0 Å². The fourth-order valence-electron chi connectivity index (χ4n) is 3.64. The van der Waals surface area contributed by atoms with E-state index in [1.807, 2.05) is 85.8 Å². The van der Waals surface area contributed by atoms with Crippen LogP contribution in [0.1, 0.15) is 30.9 Å². The van der Waals surface area contributed by atoms with Gasteiger partial charge < -0.3 is 24.8 Å². The zero-order chi connectivity index (χ0) is 24.9. The lowest BCUT2D eigenvalue weighted by atomic mass is 10.0. The number of amides is 2. The molecule has 2 amide bonds. The molecular weight excluding hydrogens is 444 g/mol. The number of nitrogens with one attached hydrogen (secondary N) is 1. The van der Waals surface area contributed by atoms with E-state index in [0.29, 0.717) is 31.9 Å². The maximum Gasteiger partial charge on any atom is 0.410 e. The summed E-state index contributed by atoms with van der Waals surface area (Å²) < 4.78 is 11.6. The first-order chi connectivity index (χ1) is 17.1. The summed E-state index contributed by atoms with van der Waals surface area (Å²) in [4.78, 5) is 25.2. The van der Waals surface area contributed by atoms with Gasteiger partial charge in [0.05, 0.1) is 6.61 Å². The molecule has 3 aromatic carbocycles. The monoisotopic (exact) mass is 476 g/mol. The van der Waals surface area contributed by atoms with Gasteiger partial charge in [-0.1, -0.05) is 79.7 Å². The van der Waals surface area contributed by atoms with Crippen LogP contribution < -0.4 is 10.1 Å². The summed E-state index contributed by atoms with van der Waals surface area (Å²) in [5.41, 5.74) is 3.69. The Kier molecular flexibility index (Phi) is 9.99. The van der Waals surface area contributed by atoms with Crippen molar-refractivity contribution in [2.75, 3.05) is 19.7 Å². The van der Waals surface area contributed by atoms with E-state index in [4.69, 9.17) is 14.6 Å². The average Bonchev–Trinajstić information content (AvgIpc) is 2.89. The molecule has 7 heteroatoms. The lowest BCUT2D eigenvalue weighted by molar-refractivity contribution is 0.0940. The molecule has 0 saturated heterocycles.